The van der Waals surface area contributed by atoms with Gasteiger partial charge in [-0.3, -0.25) is 0 Å². The van der Waals surface area contributed by atoms with Crippen LogP contribution in [0.25, 0.3) is 0 Å². The lowest BCUT2D eigenvalue weighted by molar-refractivity contribution is -0.200. The lowest BCUT2D eigenvalue weighted by Gasteiger charge is -2.36. The van der Waals surface area contributed by atoms with E-state index < -0.39 is 18.5 Å². The summed E-state index contributed by atoms with van der Waals surface area (Å²) in [6.07, 6.45) is 10.1. The lowest BCUT2D eigenvalue weighted by Crippen LogP contribution is -2.37. The Labute approximate surface area is 169 Å². The van der Waals surface area contributed by atoms with Gasteiger partial charge in [-0.25, -0.2) is 0 Å². The van der Waals surface area contributed by atoms with E-state index in [1.165, 1.54) is 0 Å². The quantitative estimate of drug-likeness (QED) is 0.422. The molecule has 0 spiro atoms. The van der Waals surface area contributed by atoms with Crippen LogP contribution in [0.3, 0.4) is 0 Å². The number of hydrogen-bond acceptors (Lipinski definition) is 6. The minimum atomic E-state index is -0.694. The molecule has 2 rings (SSSR count). The van der Waals surface area contributed by atoms with E-state index >= 15 is 0 Å². The summed E-state index contributed by atoms with van der Waals surface area (Å²) in [4.78, 5) is 11.5. The highest BCUT2D eigenvalue weighted by Crippen LogP contribution is 2.33. The van der Waals surface area contributed by atoms with E-state index in [-0.39, 0.29) is 24.4 Å². The molecule has 0 amide bonds. The first-order valence-corrected chi connectivity index (χ1v) is 10.8. The maximum Gasteiger partial charge on any atom is 0.159 e. The van der Waals surface area contributed by atoms with Gasteiger partial charge in [0.2, 0.25) is 0 Å². The molecule has 2 fully saturated rings. The third-order valence-corrected chi connectivity index (χ3v) is 5.51. The molecule has 0 aliphatic carbocycles. The molecule has 162 valence electrons. The minimum absolute atomic E-state index is 0.0772. The zero-order chi connectivity index (χ0) is 20.4. The molecule has 2 aliphatic heterocycles. The normalized spacial score (nSPS) is 28.9. The Morgan fingerprint density at radius 1 is 1.11 bits per heavy atom. The van der Waals surface area contributed by atoms with E-state index in [1.807, 2.05) is 6.08 Å². The van der Waals surface area contributed by atoms with Gasteiger partial charge in [0, 0.05) is 13.0 Å². The number of unbranched alkanes of at least 4 members (excludes halogenated alkanes) is 1. The Hall–Kier alpha value is -0.790. The van der Waals surface area contributed by atoms with Crippen LogP contribution in [-0.2, 0) is 23.7 Å². The molecule has 0 bridgehead atoms. The maximum absolute atomic E-state index is 11.5. The van der Waals surface area contributed by atoms with Crippen LogP contribution in [0.5, 0.6) is 0 Å². The predicted molar refractivity (Wildman–Crippen MR) is 107 cm³/mol. The topological polar surface area (TPSA) is 74.2 Å². The zero-order valence-corrected chi connectivity index (χ0v) is 17.7. The Bertz CT molecular complexity index is 464. The van der Waals surface area contributed by atoms with Crippen LogP contribution in [0.15, 0.2) is 12.2 Å². The Kier molecular flexibility index (Phi) is 10.1. The summed E-state index contributed by atoms with van der Waals surface area (Å²) in [7, 11) is 0. The Morgan fingerprint density at radius 2 is 1.89 bits per heavy atom. The molecule has 1 unspecified atom stereocenters. The van der Waals surface area contributed by atoms with Crippen molar-refractivity contribution >= 4 is 6.29 Å². The number of hydrogen-bond donors (Lipinski definition) is 1. The van der Waals surface area contributed by atoms with Crippen molar-refractivity contribution in [1.82, 2.24) is 0 Å². The molecule has 28 heavy (non-hydrogen) atoms. The van der Waals surface area contributed by atoms with E-state index in [0.717, 1.165) is 51.4 Å². The first-order chi connectivity index (χ1) is 13.4. The molecule has 2 saturated heterocycles. The minimum Gasteiger partial charge on any atom is -0.391 e. The third-order valence-electron chi connectivity index (χ3n) is 5.51. The second-order valence-electron chi connectivity index (χ2n) is 8.56. The molecule has 6 nitrogen and oxygen atoms in total. The van der Waals surface area contributed by atoms with Gasteiger partial charge in [0.15, 0.2) is 18.9 Å². The first kappa shape index (κ1) is 23.5. The van der Waals surface area contributed by atoms with Gasteiger partial charge in [-0.15, -0.1) is 0 Å². The number of aliphatic hydroxyl groups is 1. The number of aliphatic hydroxyl groups excluding tert-OH is 1. The van der Waals surface area contributed by atoms with E-state index in [0.29, 0.717) is 12.8 Å². The van der Waals surface area contributed by atoms with Gasteiger partial charge in [-0.2, -0.15) is 0 Å². The van der Waals surface area contributed by atoms with Crippen molar-refractivity contribution in [3.8, 4) is 0 Å². The van der Waals surface area contributed by atoms with E-state index in [4.69, 9.17) is 18.9 Å². The Morgan fingerprint density at radius 3 is 2.50 bits per heavy atom. The van der Waals surface area contributed by atoms with E-state index in [1.54, 1.807) is 6.08 Å². The molecule has 2 heterocycles. The fourth-order valence-corrected chi connectivity index (χ4v) is 3.58. The lowest BCUT2D eigenvalue weighted by atomic mass is 9.81. The van der Waals surface area contributed by atoms with Gasteiger partial charge >= 0.3 is 0 Å². The van der Waals surface area contributed by atoms with E-state index in [2.05, 4.69) is 20.8 Å². The van der Waals surface area contributed by atoms with Crippen molar-refractivity contribution in [1.29, 1.82) is 0 Å². The summed E-state index contributed by atoms with van der Waals surface area (Å²) in [6.45, 7) is 7.56. The van der Waals surface area contributed by atoms with Gasteiger partial charge < -0.3 is 28.8 Å². The van der Waals surface area contributed by atoms with Gasteiger partial charge in [0.1, 0.15) is 6.10 Å². The molecule has 6 heteroatoms. The molecule has 1 N–H and O–H groups in total. The number of aldehydes is 1. The Balaban J connectivity index is 1.99. The fraction of sp³-hybridized carbons (Fsp3) is 0.864. The third kappa shape index (κ3) is 7.91. The van der Waals surface area contributed by atoms with E-state index in [9.17, 15) is 9.90 Å². The van der Waals surface area contributed by atoms with Crippen molar-refractivity contribution in [2.75, 3.05) is 13.2 Å². The standard InChI is InChI=1S/C22H38O6/c1-4-5-13-22(2,3)19(28-20-8-6-7-14-25-20)11-10-18(15-23)27-21-12-9-17(24)16-26-21/h10-11,15,17-21,24H,4-9,12-14,16H2,1-3H3/t17-,18-,19-,20?,21-/m0/s1. The highest BCUT2D eigenvalue weighted by atomic mass is 16.7. The number of carbonyl (C=O) groups is 1. The van der Waals surface area contributed by atoms with Crippen molar-refractivity contribution in [2.24, 2.45) is 5.41 Å². The van der Waals surface area contributed by atoms with Crippen molar-refractivity contribution in [3.63, 3.8) is 0 Å². The monoisotopic (exact) mass is 398 g/mol. The van der Waals surface area contributed by atoms with Crippen molar-refractivity contribution < 1.29 is 28.8 Å². The van der Waals surface area contributed by atoms with Gasteiger partial charge in [-0.05, 0) is 37.5 Å². The molecule has 0 saturated carbocycles. The van der Waals surface area contributed by atoms with Gasteiger partial charge in [-0.1, -0.05) is 45.8 Å². The summed E-state index contributed by atoms with van der Waals surface area (Å²) < 4.78 is 23.3. The van der Waals surface area contributed by atoms with Crippen LogP contribution in [0.1, 0.15) is 72.1 Å². The fourth-order valence-electron chi connectivity index (χ4n) is 3.58. The average molecular weight is 399 g/mol. The molecule has 0 aromatic carbocycles. The SMILES string of the molecule is CCCCC(C)(C)[C@H](C=C[C@@H](C=O)O[C@H]1CC[C@H](O)CO1)OC1CCCCO1. The van der Waals surface area contributed by atoms with Gasteiger partial charge in [0.25, 0.3) is 0 Å². The molecule has 0 aromatic rings. The zero-order valence-electron chi connectivity index (χ0n) is 17.7. The van der Waals surface area contributed by atoms with Crippen molar-refractivity contribution in [2.45, 2.75) is 103 Å². The predicted octanol–water partition coefficient (Wildman–Crippen LogP) is 3.75. The highest BCUT2D eigenvalue weighted by molar-refractivity contribution is 5.59. The highest BCUT2D eigenvalue weighted by Gasteiger charge is 2.31. The molecule has 0 aromatic heterocycles. The van der Waals surface area contributed by atoms with Crippen LogP contribution in [0.4, 0.5) is 0 Å². The summed E-state index contributed by atoms with van der Waals surface area (Å²) in [5, 5.41) is 9.52. The van der Waals surface area contributed by atoms with Gasteiger partial charge in [0.05, 0.1) is 18.8 Å². The molecule has 5 atom stereocenters. The maximum atomic E-state index is 11.5. The van der Waals surface area contributed by atoms with Crippen LogP contribution < -0.4 is 0 Å². The van der Waals surface area contributed by atoms with Crippen LogP contribution >= 0.6 is 0 Å². The summed E-state index contributed by atoms with van der Waals surface area (Å²) >= 11 is 0. The molecular formula is C22H38O6. The first-order valence-electron chi connectivity index (χ1n) is 10.8. The number of rotatable bonds is 11. The second-order valence-corrected chi connectivity index (χ2v) is 8.56. The smallest absolute Gasteiger partial charge is 0.159 e. The molecule has 0 radical (unpaired) electrons. The summed E-state index contributed by atoms with van der Waals surface area (Å²) in [5.41, 5.74) is -0.0772. The number of carbonyl (C=O) groups excluding carboxylic acids is 1. The van der Waals surface area contributed by atoms with Crippen LogP contribution in [-0.4, -0.2) is 55.5 Å². The summed E-state index contributed by atoms with van der Waals surface area (Å²) in [5.74, 6) is 0. The average Bonchev–Trinajstić information content (AvgIpc) is 2.70. The van der Waals surface area contributed by atoms with Crippen molar-refractivity contribution in [3.05, 3.63) is 12.2 Å². The second kappa shape index (κ2) is 12.0. The molecule has 2 aliphatic rings. The van der Waals surface area contributed by atoms with Crippen LogP contribution in [0, 0.1) is 5.41 Å². The largest absolute Gasteiger partial charge is 0.391 e. The summed E-state index contributed by atoms with van der Waals surface area (Å²) in [6, 6.07) is 0. The van der Waals surface area contributed by atoms with Crippen LogP contribution in [0.2, 0.25) is 0 Å². The molecular weight excluding hydrogens is 360 g/mol. The number of ether oxygens (including phenoxy) is 4.